The van der Waals surface area contributed by atoms with E-state index in [0.29, 0.717) is 0 Å². The van der Waals surface area contributed by atoms with Crippen LogP contribution in [0, 0.1) is 0 Å². The van der Waals surface area contributed by atoms with Gasteiger partial charge in [-0.2, -0.15) is 0 Å². The van der Waals surface area contributed by atoms with Gasteiger partial charge in [-0.3, -0.25) is 15.0 Å². The number of aliphatic hydroxyl groups excluding tert-OH is 1. The van der Waals surface area contributed by atoms with E-state index >= 15 is 0 Å². The van der Waals surface area contributed by atoms with Gasteiger partial charge in [0.05, 0.1) is 6.61 Å². The van der Waals surface area contributed by atoms with Gasteiger partial charge in [0.2, 0.25) is 0 Å². The van der Waals surface area contributed by atoms with Crippen LogP contribution in [0.15, 0.2) is 0 Å². The highest BCUT2D eigenvalue weighted by molar-refractivity contribution is 6.36. The number of rotatable bonds is 3. The lowest BCUT2D eigenvalue weighted by atomic mass is 10.0. The Morgan fingerprint density at radius 1 is 1.65 bits per heavy atom. The van der Waals surface area contributed by atoms with Gasteiger partial charge in [0.1, 0.15) is 18.5 Å². The number of nitrogens with one attached hydrogen (secondary N) is 1. The fourth-order valence-corrected chi connectivity index (χ4v) is 2.65. The average Bonchev–Trinajstić information content (AvgIpc) is 2.74. The summed E-state index contributed by atoms with van der Waals surface area (Å²) in [5.41, 5.74) is 0. The van der Waals surface area contributed by atoms with Gasteiger partial charge in [-0.1, -0.05) is 0 Å². The lowest BCUT2D eigenvalue weighted by Crippen LogP contribution is -2.69. The minimum atomic E-state index is -1.52. The summed E-state index contributed by atoms with van der Waals surface area (Å²) < 4.78 is 24.0. The van der Waals surface area contributed by atoms with Gasteiger partial charge < -0.3 is 14.6 Å². The predicted octanol–water partition coefficient (Wildman–Crippen LogP) is -0.0464. The van der Waals surface area contributed by atoms with Gasteiger partial charge in [-0.15, -0.1) is 11.6 Å². The molecule has 2 saturated heterocycles. The van der Waals surface area contributed by atoms with Gasteiger partial charge in [0.15, 0.2) is 11.1 Å². The maximum absolute atomic E-state index is 13.6. The Bertz CT molecular complexity index is 422. The monoisotopic (exact) mass is 310 g/mol. The molecule has 2 aliphatic heterocycles. The summed E-state index contributed by atoms with van der Waals surface area (Å²) in [5, 5.41) is 11.1. The van der Waals surface area contributed by atoms with Crippen LogP contribution in [0.5, 0.6) is 0 Å². The molecule has 5 atom stereocenters. The van der Waals surface area contributed by atoms with Crippen LogP contribution in [0.3, 0.4) is 0 Å². The summed E-state index contributed by atoms with van der Waals surface area (Å²) in [6.45, 7) is 0.894. The van der Waals surface area contributed by atoms with E-state index in [9.17, 15) is 14.0 Å². The van der Waals surface area contributed by atoms with Crippen molar-refractivity contribution in [1.29, 1.82) is 0 Å². The van der Waals surface area contributed by atoms with Crippen molar-refractivity contribution in [3.05, 3.63) is 0 Å². The van der Waals surface area contributed by atoms with Crippen molar-refractivity contribution in [2.45, 2.75) is 43.0 Å². The highest BCUT2D eigenvalue weighted by Gasteiger charge is 2.54. The summed E-state index contributed by atoms with van der Waals surface area (Å²) in [6, 6.07) is -0.768. The zero-order valence-electron chi connectivity index (χ0n) is 11.0. The van der Waals surface area contributed by atoms with Crippen LogP contribution < -0.4 is 5.32 Å². The molecule has 2 N–H and O–H groups in total. The van der Waals surface area contributed by atoms with Crippen molar-refractivity contribution in [3.8, 4) is 0 Å². The Morgan fingerprint density at radius 2 is 2.30 bits per heavy atom. The van der Waals surface area contributed by atoms with Crippen molar-refractivity contribution < 1.29 is 28.6 Å². The first kappa shape index (κ1) is 15.4. The largest absolute Gasteiger partial charge is 0.394 e. The smallest absolute Gasteiger partial charge is 0.328 e. The molecule has 2 aliphatic rings. The molecule has 3 unspecified atom stereocenters. The Balaban J connectivity index is 2.25. The number of aliphatic hydroxyl groups is 1. The fourth-order valence-electron chi connectivity index (χ4n) is 2.40. The summed E-state index contributed by atoms with van der Waals surface area (Å²) in [6.07, 6.45) is -4.60. The standard InChI is InChI=1S/C11H16ClFN2O5/c1-11(12)8(17)14-10(18)15(9(11)19-2)7-3-5(13)6(4-16)20-7/h5-7,9,16H,3-4H2,1-2H3,(H,14,17,18)/t5?,6?,7?,9-,11-/m1/s1. The second-order valence-corrected chi connectivity index (χ2v) is 5.68. The Morgan fingerprint density at radius 3 is 2.80 bits per heavy atom. The molecule has 0 radical (unpaired) electrons. The molecule has 0 aliphatic carbocycles. The molecule has 0 aromatic heterocycles. The molecule has 3 amide bonds. The van der Waals surface area contributed by atoms with Crippen molar-refractivity contribution in [2.24, 2.45) is 0 Å². The molecule has 0 saturated carbocycles. The highest BCUT2D eigenvalue weighted by atomic mass is 35.5. The van der Waals surface area contributed by atoms with Crippen molar-refractivity contribution in [2.75, 3.05) is 13.7 Å². The number of imide groups is 1. The number of carbonyl (C=O) groups is 2. The van der Waals surface area contributed by atoms with Crippen LogP contribution in [-0.4, -0.2) is 65.3 Å². The average molecular weight is 311 g/mol. The lowest BCUT2D eigenvalue weighted by Gasteiger charge is -2.44. The van der Waals surface area contributed by atoms with E-state index in [1.807, 2.05) is 0 Å². The Hall–Kier alpha value is -0.960. The van der Waals surface area contributed by atoms with E-state index in [0.717, 1.165) is 4.90 Å². The van der Waals surface area contributed by atoms with Crippen LogP contribution in [-0.2, 0) is 14.3 Å². The zero-order valence-corrected chi connectivity index (χ0v) is 11.8. The third-order valence-electron chi connectivity index (χ3n) is 3.49. The molecule has 0 bridgehead atoms. The van der Waals surface area contributed by atoms with Gasteiger partial charge in [0.25, 0.3) is 5.91 Å². The number of hydrogen-bond acceptors (Lipinski definition) is 5. The second kappa shape index (κ2) is 5.44. The van der Waals surface area contributed by atoms with E-state index in [-0.39, 0.29) is 6.42 Å². The van der Waals surface area contributed by atoms with E-state index in [2.05, 4.69) is 5.32 Å². The SMILES string of the molecule is CO[C@H]1N(C2CC(F)C(CO)O2)C(=O)NC(=O)[C@@]1(C)Cl. The molecule has 9 heteroatoms. The number of halogens is 2. The molecular weight excluding hydrogens is 295 g/mol. The number of amides is 3. The molecule has 7 nitrogen and oxygen atoms in total. The molecule has 2 rings (SSSR count). The molecule has 114 valence electrons. The van der Waals surface area contributed by atoms with Crippen LogP contribution in [0.2, 0.25) is 0 Å². The number of hydrogen-bond donors (Lipinski definition) is 2. The molecule has 20 heavy (non-hydrogen) atoms. The topological polar surface area (TPSA) is 88.1 Å². The van der Waals surface area contributed by atoms with Crippen LogP contribution in [0.1, 0.15) is 13.3 Å². The zero-order chi connectivity index (χ0) is 15.1. The van der Waals surface area contributed by atoms with Crippen molar-refractivity contribution in [3.63, 3.8) is 0 Å². The summed E-state index contributed by atoms with van der Waals surface area (Å²) >= 11 is 6.10. The number of nitrogens with zero attached hydrogens (tertiary/aromatic N) is 1. The number of carbonyl (C=O) groups excluding carboxylic acids is 2. The molecular formula is C11H16ClFN2O5. The van der Waals surface area contributed by atoms with Crippen LogP contribution in [0.25, 0.3) is 0 Å². The van der Waals surface area contributed by atoms with Gasteiger partial charge in [-0.05, 0) is 6.92 Å². The summed E-state index contributed by atoms with van der Waals surface area (Å²) in [7, 11) is 1.29. The van der Waals surface area contributed by atoms with E-state index in [1.165, 1.54) is 14.0 Å². The summed E-state index contributed by atoms with van der Waals surface area (Å²) in [4.78, 5) is 23.2. The number of methoxy groups -OCH3 is 1. The minimum absolute atomic E-state index is 0.125. The Labute approximate surface area is 119 Å². The normalized spacial score (nSPS) is 42.0. The maximum Gasteiger partial charge on any atom is 0.328 e. The number of urea groups is 1. The van der Waals surface area contributed by atoms with Gasteiger partial charge >= 0.3 is 6.03 Å². The molecule has 2 heterocycles. The summed E-state index contributed by atoms with van der Waals surface area (Å²) in [5.74, 6) is -0.694. The molecule has 0 aromatic carbocycles. The minimum Gasteiger partial charge on any atom is -0.394 e. The molecule has 0 spiro atoms. The van der Waals surface area contributed by atoms with Crippen molar-refractivity contribution in [1.82, 2.24) is 10.2 Å². The first-order valence-corrected chi connectivity index (χ1v) is 6.46. The first-order valence-electron chi connectivity index (χ1n) is 6.08. The Kier molecular flexibility index (Phi) is 4.19. The van der Waals surface area contributed by atoms with Gasteiger partial charge in [0, 0.05) is 13.5 Å². The van der Waals surface area contributed by atoms with Crippen LogP contribution in [0.4, 0.5) is 9.18 Å². The third-order valence-corrected chi connectivity index (χ3v) is 3.85. The van der Waals surface area contributed by atoms with E-state index in [4.69, 9.17) is 26.2 Å². The maximum atomic E-state index is 13.6. The highest BCUT2D eigenvalue weighted by Crippen LogP contribution is 2.34. The van der Waals surface area contributed by atoms with E-state index < -0.39 is 48.2 Å². The number of ether oxygens (including phenoxy) is 2. The predicted molar refractivity (Wildman–Crippen MR) is 65.7 cm³/mol. The lowest BCUT2D eigenvalue weighted by molar-refractivity contribution is -0.155. The van der Waals surface area contributed by atoms with Crippen molar-refractivity contribution >= 4 is 23.5 Å². The fraction of sp³-hybridized carbons (Fsp3) is 0.818. The van der Waals surface area contributed by atoms with E-state index in [1.54, 1.807) is 0 Å². The van der Waals surface area contributed by atoms with Gasteiger partial charge in [-0.25, -0.2) is 9.18 Å². The quantitative estimate of drug-likeness (QED) is 0.714. The third kappa shape index (κ3) is 2.37. The second-order valence-electron chi connectivity index (χ2n) is 4.89. The first-order chi connectivity index (χ1) is 9.32. The number of alkyl halides is 2. The molecule has 0 aromatic rings. The molecule has 2 fully saturated rings. The van der Waals surface area contributed by atoms with Crippen LogP contribution >= 0.6 is 11.6 Å².